The first-order chi connectivity index (χ1) is 16.0. The van der Waals surface area contributed by atoms with Gasteiger partial charge >= 0.3 is 0 Å². The van der Waals surface area contributed by atoms with Crippen LogP contribution in [0.15, 0.2) is 66.1 Å². The molecule has 0 spiro atoms. The highest BCUT2D eigenvalue weighted by atomic mass is 35.5. The van der Waals surface area contributed by atoms with Crippen molar-refractivity contribution in [1.29, 1.82) is 0 Å². The van der Waals surface area contributed by atoms with Gasteiger partial charge in [0.05, 0.1) is 15.8 Å². The van der Waals surface area contributed by atoms with Crippen LogP contribution in [0, 0.1) is 5.92 Å². The van der Waals surface area contributed by atoms with Crippen molar-refractivity contribution in [2.45, 2.75) is 37.0 Å². The number of halogens is 3. The molecule has 9 heteroatoms. The van der Waals surface area contributed by atoms with Crippen molar-refractivity contribution >= 4 is 53.3 Å². The molecule has 0 saturated carbocycles. The monoisotopic (exact) mass is 536 g/mol. The van der Waals surface area contributed by atoms with Crippen LogP contribution in [0.2, 0.25) is 10.0 Å². The molecule has 2 aromatic carbocycles. The molecule has 3 aromatic rings. The number of carbonyl (C=O) groups excluding carboxylic acids is 1. The zero-order valence-electron chi connectivity index (χ0n) is 18.7. The van der Waals surface area contributed by atoms with Crippen LogP contribution < -0.4 is 10.6 Å². The summed E-state index contributed by atoms with van der Waals surface area (Å²) >= 11 is 13.5. The van der Waals surface area contributed by atoms with Gasteiger partial charge in [-0.05, 0) is 55.5 Å². The van der Waals surface area contributed by atoms with E-state index in [1.54, 1.807) is 12.4 Å². The molecule has 2 N–H and O–H groups in total. The molecule has 0 bridgehead atoms. The van der Waals surface area contributed by atoms with Crippen LogP contribution in [-0.2, 0) is 11.2 Å². The Morgan fingerprint density at radius 2 is 1.85 bits per heavy atom. The van der Waals surface area contributed by atoms with E-state index < -0.39 is 0 Å². The number of nitrogens with zero attached hydrogens (tertiary/aromatic N) is 2. The quantitative estimate of drug-likeness (QED) is 0.285. The van der Waals surface area contributed by atoms with Gasteiger partial charge in [0.25, 0.3) is 0 Å². The highest BCUT2D eigenvalue weighted by Gasteiger charge is 2.29. The molecule has 1 aromatic heterocycles. The number of hydrogen-bond acceptors (Lipinski definition) is 5. The Bertz CT molecular complexity index is 1090. The van der Waals surface area contributed by atoms with Crippen LogP contribution >= 0.6 is 47.4 Å². The molecule has 1 aliphatic rings. The summed E-state index contributed by atoms with van der Waals surface area (Å²) in [6.07, 6.45) is 5.52. The number of hydrogen-bond donors (Lipinski definition) is 2. The second-order valence-electron chi connectivity index (χ2n) is 8.33. The molecule has 4 rings (SSSR count). The Labute approximate surface area is 220 Å². The van der Waals surface area contributed by atoms with Gasteiger partial charge < -0.3 is 10.6 Å². The number of nitrogens with one attached hydrogen (secondary N) is 2. The molecule has 0 radical (unpaired) electrons. The second-order valence-corrected chi connectivity index (χ2v) is 10.1. The molecule has 1 aliphatic heterocycles. The Balaban J connectivity index is 0.00000324. The lowest BCUT2D eigenvalue weighted by molar-refractivity contribution is -0.119. The van der Waals surface area contributed by atoms with E-state index in [1.807, 2.05) is 55.5 Å². The van der Waals surface area contributed by atoms with E-state index in [4.69, 9.17) is 23.2 Å². The average Bonchev–Trinajstić information content (AvgIpc) is 3.30. The molecule has 1 unspecified atom stereocenters. The third-order valence-corrected chi connectivity index (χ3v) is 7.44. The number of carbonyl (C=O) groups is 1. The molecule has 1 saturated heterocycles. The van der Waals surface area contributed by atoms with Gasteiger partial charge in [0.15, 0.2) is 5.16 Å². The fourth-order valence-electron chi connectivity index (χ4n) is 4.08. The largest absolute Gasteiger partial charge is 0.351 e. The van der Waals surface area contributed by atoms with Crippen molar-refractivity contribution < 1.29 is 4.79 Å². The molecule has 1 fully saturated rings. The van der Waals surface area contributed by atoms with E-state index in [2.05, 4.69) is 20.6 Å². The van der Waals surface area contributed by atoms with Crippen molar-refractivity contribution in [3.05, 3.63) is 76.5 Å². The van der Waals surface area contributed by atoms with Gasteiger partial charge in [0.1, 0.15) is 0 Å². The first kappa shape index (κ1) is 26.8. The summed E-state index contributed by atoms with van der Waals surface area (Å²) in [4.78, 5) is 21.2. The Morgan fingerprint density at radius 1 is 1.12 bits per heavy atom. The van der Waals surface area contributed by atoms with Gasteiger partial charge in [-0.3, -0.25) is 4.79 Å². The molecule has 3 atom stereocenters. The topological polar surface area (TPSA) is 66.9 Å². The lowest BCUT2D eigenvalue weighted by Gasteiger charge is -2.21. The second kappa shape index (κ2) is 12.8. The average molecular weight is 538 g/mol. The maximum Gasteiger partial charge on any atom is 0.230 e. The predicted molar refractivity (Wildman–Crippen MR) is 143 cm³/mol. The van der Waals surface area contributed by atoms with Gasteiger partial charge in [-0.2, -0.15) is 0 Å². The minimum Gasteiger partial charge on any atom is -0.351 e. The Hall–Kier alpha value is -1.83. The molecule has 2 heterocycles. The third-order valence-electron chi connectivity index (χ3n) is 5.82. The van der Waals surface area contributed by atoms with Crippen LogP contribution in [0.1, 0.15) is 18.9 Å². The molecular formula is C25H27Cl3N4OS. The third kappa shape index (κ3) is 7.33. The molecule has 5 nitrogen and oxygen atoms in total. The number of benzene rings is 2. The van der Waals surface area contributed by atoms with Crippen molar-refractivity contribution in [1.82, 2.24) is 20.6 Å². The van der Waals surface area contributed by atoms with Gasteiger partial charge in [0.2, 0.25) is 5.91 Å². The molecule has 34 heavy (non-hydrogen) atoms. The SMILES string of the molecule is CC(NC(=O)CSc1ncc(-c2ccccc2)cn1)[C@H]1C[C@@H](Cc2ccc(Cl)c(Cl)c2)CN1.Cl. The number of rotatable bonds is 8. The summed E-state index contributed by atoms with van der Waals surface area (Å²) in [7, 11) is 0. The van der Waals surface area contributed by atoms with Gasteiger partial charge in [-0.15, -0.1) is 12.4 Å². The fraction of sp³-hybridized carbons (Fsp3) is 0.320. The highest BCUT2D eigenvalue weighted by molar-refractivity contribution is 7.99. The molecule has 180 valence electrons. The summed E-state index contributed by atoms with van der Waals surface area (Å²) in [5.41, 5.74) is 3.21. The van der Waals surface area contributed by atoms with Gasteiger partial charge in [-0.1, -0.05) is 71.4 Å². The van der Waals surface area contributed by atoms with Crippen LogP contribution in [0.3, 0.4) is 0 Å². The summed E-state index contributed by atoms with van der Waals surface area (Å²) in [5, 5.41) is 8.43. The smallest absolute Gasteiger partial charge is 0.230 e. The Morgan fingerprint density at radius 3 is 2.56 bits per heavy atom. The van der Waals surface area contributed by atoms with E-state index in [0.29, 0.717) is 21.1 Å². The summed E-state index contributed by atoms with van der Waals surface area (Å²) < 4.78 is 0. The van der Waals surface area contributed by atoms with Crippen molar-refractivity contribution in [2.75, 3.05) is 12.3 Å². The first-order valence-electron chi connectivity index (χ1n) is 10.9. The van der Waals surface area contributed by atoms with Crippen molar-refractivity contribution in [3.8, 4) is 11.1 Å². The summed E-state index contributed by atoms with van der Waals surface area (Å²) in [6, 6.07) is 16.1. The van der Waals surface area contributed by atoms with Gasteiger partial charge in [0, 0.05) is 30.0 Å². The zero-order valence-corrected chi connectivity index (χ0v) is 21.9. The minimum absolute atomic E-state index is 0. The van der Waals surface area contributed by atoms with Crippen LogP contribution in [0.5, 0.6) is 0 Å². The molecule has 1 amide bonds. The number of thioether (sulfide) groups is 1. The van der Waals surface area contributed by atoms with Crippen molar-refractivity contribution in [3.63, 3.8) is 0 Å². The lowest BCUT2D eigenvalue weighted by Crippen LogP contribution is -2.46. The lowest BCUT2D eigenvalue weighted by atomic mass is 9.95. The van der Waals surface area contributed by atoms with E-state index in [0.717, 1.165) is 30.5 Å². The zero-order chi connectivity index (χ0) is 23.2. The van der Waals surface area contributed by atoms with E-state index in [1.165, 1.54) is 17.3 Å². The minimum atomic E-state index is -0.0158. The summed E-state index contributed by atoms with van der Waals surface area (Å²) in [5.74, 6) is 0.768. The normalized spacial score (nSPS) is 18.2. The molecule has 0 aliphatic carbocycles. The van der Waals surface area contributed by atoms with E-state index in [-0.39, 0.29) is 36.2 Å². The predicted octanol–water partition coefficient (Wildman–Crippen LogP) is 5.69. The van der Waals surface area contributed by atoms with Crippen LogP contribution in [0.4, 0.5) is 0 Å². The highest BCUT2D eigenvalue weighted by Crippen LogP contribution is 2.26. The number of amides is 1. The van der Waals surface area contributed by atoms with Crippen LogP contribution in [0.25, 0.3) is 11.1 Å². The maximum atomic E-state index is 12.5. The van der Waals surface area contributed by atoms with Gasteiger partial charge in [-0.25, -0.2) is 9.97 Å². The van der Waals surface area contributed by atoms with Crippen molar-refractivity contribution in [2.24, 2.45) is 5.92 Å². The number of aromatic nitrogens is 2. The fourth-order valence-corrected chi connectivity index (χ4v) is 5.00. The molecular weight excluding hydrogens is 511 g/mol. The Kier molecular flexibility index (Phi) is 10.0. The van der Waals surface area contributed by atoms with Crippen LogP contribution in [-0.4, -0.2) is 40.3 Å². The summed E-state index contributed by atoms with van der Waals surface area (Å²) in [6.45, 7) is 2.97. The van der Waals surface area contributed by atoms with E-state index >= 15 is 0 Å². The maximum absolute atomic E-state index is 12.5. The standard InChI is InChI=1S/C25H26Cl2N4OS.ClH/c1-16(23-11-18(12-28-23)9-17-7-8-21(26)22(27)10-17)31-24(32)15-33-25-29-13-20(14-30-25)19-5-3-2-4-6-19;/h2-8,10,13-14,16,18,23,28H,9,11-12,15H2,1H3,(H,31,32);1H/t16?,18-,23-;/m1./s1. The van der Waals surface area contributed by atoms with E-state index in [9.17, 15) is 4.79 Å². The first-order valence-corrected chi connectivity index (χ1v) is 12.7.